The number of benzene rings is 3. The summed E-state index contributed by atoms with van der Waals surface area (Å²) in [5, 5.41) is 9.28. The fourth-order valence-electron chi connectivity index (χ4n) is 17.3. The number of esters is 3. The fourth-order valence-corrected chi connectivity index (χ4v) is 17.3. The minimum atomic E-state index is -0.523. The van der Waals surface area contributed by atoms with Crippen molar-refractivity contribution >= 4 is 52.7 Å². The molecule has 12 aliphatic rings. The van der Waals surface area contributed by atoms with Gasteiger partial charge in [0.25, 0.3) is 0 Å². The first-order valence-electron chi connectivity index (χ1n) is 28.9. The van der Waals surface area contributed by atoms with Crippen LogP contribution in [0.25, 0.3) is 0 Å². The number of rotatable bonds is 3. The van der Waals surface area contributed by atoms with Gasteiger partial charge in [0.2, 0.25) is 17.7 Å². The molecule has 3 N–H and O–H groups in total. The van der Waals surface area contributed by atoms with Crippen molar-refractivity contribution in [3.8, 4) is 0 Å². The zero-order valence-corrected chi connectivity index (χ0v) is 46.8. The molecule has 426 valence electrons. The van der Waals surface area contributed by atoms with Crippen LogP contribution < -0.4 is 16.0 Å². The largest absolute Gasteiger partial charge is 0.497 e. The predicted octanol–water partition coefficient (Wildman–Crippen LogP) is 6.19. The number of nitrogens with one attached hydrogen (secondary N) is 3. The van der Waals surface area contributed by atoms with Crippen LogP contribution in [0.5, 0.6) is 0 Å². The van der Waals surface area contributed by atoms with Crippen LogP contribution in [0.3, 0.4) is 0 Å². The van der Waals surface area contributed by atoms with Crippen molar-refractivity contribution in [2.24, 2.45) is 35.5 Å². The Morgan fingerprint density at radius 1 is 0.457 bits per heavy atom. The van der Waals surface area contributed by atoms with Gasteiger partial charge in [-0.25, -0.2) is 14.4 Å². The van der Waals surface area contributed by atoms with Crippen molar-refractivity contribution in [2.45, 2.75) is 112 Å². The molecule has 15 rings (SSSR count). The van der Waals surface area contributed by atoms with E-state index in [9.17, 15) is 28.8 Å². The minimum absolute atomic E-state index is 0.0468. The summed E-state index contributed by atoms with van der Waals surface area (Å²) in [5.41, 5.74) is 6.33. The molecule has 0 aliphatic carbocycles. The Kier molecular flexibility index (Phi) is 13.3. The highest BCUT2D eigenvalue weighted by molar-refractivity contribution is 6.09. The van der Waals surface area contributed by atoms with E-state index in [1.807, 2.05) is 54.6 Å². The number of piperidine rings is 3. The lowest BCUT2D eigenvalue weighted by Gasteiger charge is -2.48. The van der Waals surface area contributed by atoms with Crippen molar-refractivity contribution in [1.82, 2.24) is 14.7 Å². The lowest BCUT2D eigenvalue weighted by Crippen LogP contribution is -2.56. The van der Waals surface area contributed by atoms with Gasteiger partial charge >= 0.3 is 17.9 Å². The van der Waals surface area contributed by atoms with Crippen molar-refractivity contribution in [2.75, 3.05) is 76.5 Å². The van der Waals surface area contributed by atoms with Crippen molar-refractivity contribution < 1.29 is 57.2 Å². The highest BCUT2D eigenvalue weighted by Gasteiger charge is 2.64. The summed E-state index contributed by atoms with van der Waals surface area (Å²) >= 11 is 0. The van der Waals surface area contributed by atoms with E-state index in [1.54, 1.807) is 18.8 Å². The van der Waals surface area contributed by atoms with Crippen LogP contribution >= 0.6 is 0 Å². The average molecular weight is 1110 g/mol. The molecule has 0 saturated carbocycles. The molecule has 3 spiro atoms. The maximum absolute atomic E-state index is 13.1. The number of anilines is 3. The van der Waals surface area contributed by atoms with Crippen LogP contribution in [0.15, 0.2) is 108 Å². The molecule has 12 aliphatic heterocycles. The molecule has 12 heterocycles. The number of carbonyl (C=O) groups is 6. The molecule has 0 unspecified atom stereocenters. The molecule has 0 aromatic heterocycles. The van der Waals surface area contributed by atoms with Crippen LogP contribution in [0, 0.1) is 35.5 Å². The molecule has 18 nitrogen and oxygen atoms in total. The standard InChI is InChI=1S/3C21H24N2O4/c3*1-12-14-10-23-8-7-21(16-5-3-4-6-17(16)22-20(21)25)18(23)9-13(14)15(11-27-12)19(24)26-2/h3*3-6,11-14,18H,7-10H2,1-2H3,(H,22,25)/t3*12-,13-,14-,18-,21-/m000/s1. The van der Waals surface area contributed by atoms with Gasteiger partial charge in [0.05, 0.1) is 91.4 Å². The second kappa shape index (κ2) is 20.2. The molecule has 0 radical (unpaired) electrons. The van der Waals surface area contributed by atoms with E-state index in [1.165, 1.54) is 21.3 Å². The highest BCUT2D eigenvalue weighted by Crippen LogP contribution is 2.57. The Balaban J connectivity index is 0.000000114. The molecule has 3 aromatic carbocycles. The molecule has 6 fully saturated rings. The predicted molar refractivity (Wildman–Crippen MR) is 297 cm³/mol. The maximum Gasteiger partial charge on any atom is 0.337 e. The number of carbonyl (C=O) groups excluding carboxylic acids is 6. The van der Waals surface area contributed by atoms with Gasteiger partial charge < -0.3 is 44.4 Å². The van der Waals surface area contributed by atoms with Gasteiger partial charge in [-0.15, -0.1) is 0 Å². The van der Waals surface area contributed by atoms with E-state index >= 15 is 0 Å². The van der Waals surface area contributed by atoms with Crippen LogP contribution in [-0.2, 0) is 73.4 Å². The molecule has 3 aromatic rings. The number of methoxy groups -OCH3 is 3. The summed E-state index contributed by atoms with van der Waals surface area (Å²) in [6, 6.07) is 24.3. The zero-order valence-electron chi connectivity index (χ0n) is 46.8. The van der Waals surface area contributed by atoms with E-state index in [-0.39, 0.29) is 108 Å². The van der Waals surface area contributed by atoms with E-state index < -0.39 is 16.2 Å². The number of amides is 3. The summed E-state index contributed by atoms with van der Waals surface area (Å²) in [6.45, 7) is 11.4. The Hall–Kier alpha value is -7.02. The van der Waals surface area contributed by atoms with Gasteiger partial charge in [-0.3, -0.25) is 29.1 Å². The van der Waals surface area contributed by atoms with Gasteiger partial charge in [-0.1, -0.05) is 54.6 Å². The van der Waals surface area contributed by atoms with Gasteiger partial charge in [-0.05, 0) is 114 Å². The summed E-state index contributed by atoms with van der Waals surface area (Å²) in [7, 11) is 4.22. The van der Waals surface area contributed by atoms with E-state index in [2.05, 4.69) is 69.6 Å². The second-order valence-electron chi connectivity index (χ2n) is 24.4. The minimum Gasteiger partial charge on any atom is -0.497 e. The number of fused-ring (bicyclic) bond motifs is 15. The Labute approximate surface area is 471 Å². The first-order valence-corrected chi connectivity index (χ1v) is 28.9. The molecule has 18 heteroatoms. The van der Waals surface area contributed by atoms with Gasteiger partial charge in [0.15, 0.2) is 0 Å². The van der Waals surface area contributed by atoms with Crippen LogP contribution in [0.4, 0.5) is 17.1 Å². The number of nitrogens with zero attached hydrogens (tertiary/aromatic N) is 3. The van der Waals surface area contributed by atoms with Crippen LogP contribution in [0.1, 0.15) is 76.0 Å². The fraction of sp³-hybridized carbons (Fsp3) is 0.524. The van der Waals surface area contributed by atoms with E-state index in [0.717, 1.165) is 112 Å². The third kappa shape index (κ3) is 7.96. The monoisotopic (exact) mass is 1100 g/mol. The summed E-state index contributed by atoms with van der Waals surface area (Å²) in [6.07, 6.45) is 9.61. The first-order chi connectivity index (χ1) is 39.2. The number of hydrogen-bond acceptors (Lipinski definition) is 15. The molecule has 6 saturated heterocycles. The quantitative estimate of drug-likeness (QED) is 0.198. The highest BCUT2D eigenvalue weighted by atomic mass is 16.5. The lowest BCUT2D eigenvalue weighted by molar-refractivity contribution is -0.140. The average Bonchev–Trinajstić information content (AvgIpc) is 2.83. The number of para-hydroxylation sites is 3. The Bertz CT molecular complexity index is 2880. The maximum atomic E-state index is 13.1. The third-order valence-electron chi connectivity index (χ3n) is 21.4. The Morgan fingerprint density at radius 3 is 1.00 bits per heavy atom. The molecular weight excluding hydrogens is 1030 g/mol. The third-order valence-corrected chi connectivity index (χ3v) is 21.4. The SMILES string of the molecule is COC(=O)C1=CO[C@@H](C)[C@@H]2CN3CC[C@@]4(C(=O)Nc5ccccc54)[C@@H]3C[C@H]12.COC(=O)C1=CO[C@@H](C)[C@@H]2CN3CC[C@@]4(C(=O)Nc5ccccc54)[C@@H]3C[C@H]12.COC(=O)C1=CO[C@@H](C)[C@@H]2CN3CC[C@@]4(C(=O)Nc5ccccc54)[C@@H]3C[C@H]12. The normalized spacial score (nSPS) is 37.0. The summed E-state index contributed by atoms with van der Waals surface area (Å²) in [5.74, 6) is 0.167. The van der Waals surface area contributed by atoms with Gasteiger partial charge in [0.1, 0.15) is 0 Å². The molecule has 3 amide bonds. The zero-order chi connectivity index (χ0) is 56.3. The van der Waals surface area contributed by atoms with Crippen LogP contribution in [-0.4, -0.2) is 147 Å². The Morgan fingerprint density at radius 2 is 0.728 bits per heavy atom. The topological polar surface area (TPSA) is 204 Å². The van der Waals surface area contributed by atoms with E-state index in [0.29, 0.717) is 16.7 Å². The summed E-state index contributed by atoms with van der Waals surface area (Å²) < 4.78 is 32.3. The van der Waals surface area contributed by atoms with Gasteiger partial charge in [0, 0.05) is 90.3 Å². The van der Waals surface area contributed by atoms with Gasteiger partial charge in [-0.2, -0.15) is 0 Å². The number of ether oxygens (including phenoxy) is 6. The summed E-state index contributed by atoms with van der Waals surface area (Å²) in [4.78, 5) is 83.7. The van der Waals surface area contributed by atoms with Crippen LogP contribution in [0.2, 0.25) is 0 Å². The molecule has 0 bridgehead atoms. The van der Waals surface area contributed by atoms with Crippen molar-refractivity contribution in [3.05, 3.63) is 125 Å². The smallest absolute Gasteiger partial charge is 0.337 e. The molecule has 81 heavy (non-hydrogen) atoms. The van der Waals surface area contributed by atoms with E-state index in [4.69, 9.17) is 28.4 Å². The second-order valence-corrected chi connectivity index (χ2v) is 24.4. The lowest BCUT2D eigenvalue weighted by atomic mass is 9.66. The molecular formula is C63H72N6O12. The molecule has 15 atom stereocenters. The first kappa shape index (κ1) is 53.3. The van der Waals surface area contributed by atoms with Crippen molar-refractivity contribution in [1.29, 1.82) is 0 Å². The number of hydrogen-bond donors (Lipinski definition) is 3. The van der Waals surface area contributed by atoms with Crippen molar-refractivity contribution in [3.63, 3.8) is 0 Å².